The van der Waals surface area contributed by atoms with Crippen LogP contribution in [0.15, 0.2) is 0 Å². The fourth-order valence-corrected chi connectivity index (χ4v) is 2.99. The van der Waals surface area contributed by atoms with Gasteiger partial charge in [0.05, 0.1) is 0 Å². The average molecular weight is 215 g/mol. The van der Waals surface area contributed by atoms with Gasteiger partial charge in [-0.2, -0.15) is 0 Å². The van der Waals surface area contributed by atoms with E-state index in [1.807, 2.05) is 6.92 Å². The number of hydrogen-bond acceptors (Lipinski definition) is 2. The van der Waals surface area contributed by atoms with Gasteiger partial charge in [-0.3, -0.25) is 4.79 Å². The third-order valence-electron chi connectivity index (χ3n) is 2.27. The Balaban J connectivity index is 3.48. The molecule has 0 rings (SSSR count). The van der Waals surface area contributed by atoms with Gasteiger partial charge in [0.15, 0.2) is 8.32 Å². The highest BCUT2D eigenvalue weighted by atomic mass is 28.4. The molecule has 0 aliphatic carbocycles. The van der Waals surface area contributed by atoms with Crippen molar-refractivity contribution >= 4 is 14.1 Å². The molecule has 0 aliphatic heterocycles. The van der Waals surface area contributed by atoms with Crippen LogP contribution in [0.4, 0.5) is 0 Å². The molecule has 0 bridgehead atoms. The Hall–Kier alpha value is -0.153. The van der Waals surface area contributed by atoms with Crippen molar-refractivity contribution in [1.82, 2.24) is 0 Å². The number of rotatable bonds is 8. The first-order valence-corrected chi connectivity index (χ1v) is 8.58. The van der Waals surface area contributed by atoms with E-state index in [9.17, 15) is 4.79 Å². The fraction of sp³-hybridized carbons (Fsp3) is 0.818. The summed E-state index contributed by atoms with van der Waals surface area (Å²) in [5.74, 6) is 0.338. The summed E-state index contributed by atoms with van der Waals surface area (Å²) in [6.07, 6.45) is 3.15. The summed E-state index contributed by atoms with van der Waals surface area (Å²) in [5, 5.41) is 0. The van der Waals surface area contributed by atoms with Crippen molar-refractivity contribution < 1.29 is 9.22 Å². The summed E-state index contributed by atoms with van der Waals surface area (Å²) in [5.41, 5.74) is 0. The Morgan fingerprint density at radius 2 is 2.07 bits per heavy atom. The van der Waals surface area contributed by atoms with E-state index in [1.54, 1.807) is 0 Å². The Kier molecular flexibility index (Phi) is 7.10. The van der Waals surface area contributed by atoms with Gasteiger partial charge in [-0.25, -0.2) is 0 Å². The molecule has 0 heterocycles. The zero-order valence-electron chi connectivity index (χ0n) is 9.77. The van der Waals surface area contributed by atoms with Crippen molar-refractivity contribution in [2.24, 2.45) is 0 Å². The molecule has 0 atom stereocenters. The molecule has 0 saturated carbocycles. The zero-order valence-corrected chi connectivity index (χ0v) is 10.8. The van der Waals surface area contributed by atoms with Crippen LogP contribution in [-0.2, 0) is 9.22 Å². The van der Waals surface area contributed by atoms with Crippen LogP contribution in [-0.4, -0.2) is 20.7 Å². The molecule has 3 heteroatoms. The lowest BCUT2D eigenvalue weighted by Crippen LogP contribution is -2.30. The minimum atomic E-state index is -1.46. The lowest BCUT2D eigenvalue weighted by molar-refractivity contribution is -0.119. The number of carbonyl (C=O) groups is 1. The van der Waals surface area contributed by atoms with Crippen LogP contribution in [0.1, 0.15) is 32.6 Å². The minimum Gasteiger partial charge on any atom is -0.417 e. The van der Waals surface area contributed by atoms with Crippen LogP contribution in [0.25, 0.3) is 0 Å². The minimum absolute atomic E-state index is 0.338. The van der Waals surface area contributed by atoms with Gasteiger partial charge >= 0.3 is 0 Å². The van der Waals surface area contributed by atoms with E-state index in [0.29, 0.717) is 18.6 Å². The van der Waals surface area contributed by atoms with Gasteiger partial charge in [-0.05, 0) is 25.6 Å². The van der Waals surface area contributed by atoms with Crippen molar-refractivity contribution in [1.29, 1.82) is 0 Å². The molecule has 0 aromatic carbocycles. The van der Waals surface area contributed by atoms with E-state index in [4.69, 9.17) is 4.43 Å². The van der Waals surface area contributed by atoms with Gasteiger partial charge in [0.2, 0.25) is 0 Å². The van der Waals surface area contributed by atoms with E-state index in [2.05, 4.69) is 20.0 Å². The van der Waals surface area contributed by atoms with Gasteiger partial charge in [0.25, 0.3) is 0 Å². The van der Waals surface area contributed by atoms with Crippen molar-refractivity contribution in [2.45, 2.75) is 51.7 Å². The van der Waals surface area contributed by atoms with Gasteiger partial charge in [0.1, 0.15) is 5.78 Å². The molecule has 0 aliphatic rings. The molecule has 0 saturated heterocycles. The molecule has 83 valence electrons. The van der Waals surface area contributed by atoms with Crippen LogP contribution in [0.5, 0.6) is 0 Å². The molecular formula is C11H23O2Si. The summed E-state index contributed by atoms with van der Waals surface area (Å²) in [7, 11) is -1.46. The Morgan fingerprint density at radius 1 is 1.43 bits per heavy atom. The lowest BCUT2D eigenvalue weighted by Gasteiger charge is -2.21. The summed E-state index contributed by atoms with van der Waals surface area (Å²) in [6, 6.07) is 1.11. The summed E-state index contributed by atoms with van der Waals surface area (Å²) in [4.78, 5) is 11.0. The second-order valence-corrected chi connectivity index (χ2v) is 8.52. The monoisotopic (exact) mass is 215 g/mol. The van der Waals surface area contributed by atoms with Crippen LogP contribution in [0, 0.1) is 6.92 Å². The number of carbonyl (C=O) groups excluding carboxylic acids is 1. The lowest BCUT2D eigenvalue weighted by atomic mass is 10.2. The predicted molar refractivity (Wildman–Crippen MR) is 62.7 cm³/mol. The number of ketones is 1. The largest absolute Gasteiger partial charge is 0.417 e. The molecule has 0 N–H and O–H groups in total. The topological polar surface area (TPSA) is 26.3 Å². The van der Waals surface area contributed by atoms with E-state index in [0.717, 1.165) is 25.5 Å². The summed E-state index contributed by atoms with van der Waals surface area (Å²) in [6.45, 7) is 10.9. The molecule has 0 aromatic heterocycles. The molecule has 0 aromatic rings. The molecule has 0 unspecified atom stereocenters. The zero-order chi connectivity index (χ0) is 11.0. The summed E-state index contributed by atoms with van der Waals surface area (Å²) >= 11 is 0. The van der Waals surface area contributed by atoms with Crippen molar-refractivity contribution in [2.75, 3.05) is 6.61 Å². The predicted octanol–water partition coefficient (Wildman–Crippen LogP) is 3.19. The van der Waals surface area contributed by atoms with Crippen LogP contribution in [0.3, 0.4) is 0 Å². The Bertz CT molecular complexity index is 167. The first-order chi connectivity index (χ1) is 6.52. The smallest absolute Gasteiger partial charge is 0.186 e. The van der Waals surface area contributed by atoms with Gasteiger partial charge in [-0.1, -0.05) is 20.3 Å². The molecule has 14 heavy (non-hydrogen) atoms. The van der Waals surface area contributed by atoms with Gasteiger partial charge in [0, 0.05) is 19.4 Å². The standard InChI is InChI=1S/C11H23O2Si/c1-5-10-14(3,4)13-9-7-8-11(12)6-2/h1,5-10H2,2-4H3. The summed E-state index contributed by atoms with van der Waals surface area (Å²) < 4.78 is 5.81. The molecule has 1 radical (unpaired) electrons. The maximum absolute atomic E-state index is 11.0. The number of hydrogen-bond donors (Lipinski definition) is 0. The van der Waals surface area contributed by atoms with Crippen molar-refractivity contribution in [3.05, 3.63) is 6.92 Å². The van der Waals surface area contributed by atoms with E-state index in [1.165, 1.54) is 0 Å². The van der Waals surface area contributed by atoms with E-state index in [-0.39, 0.29) is 0 Å². The highest BCUT2D eigenvalue weighted by Crippen LogP contribution is 2.13. The molecule has 0 spiro atoms. The third kappa shape index (κ3) is 7.27. The second kappa shape index (κ2) is 7.18. The van der Waals surface area contributed by atoms with Gasteiger partial charge < -0.3 is 4.43 Å². The normalized spacial score (nSPS) is 11.7. The van der Waals surface area contributed by atoms with Crippen LogP contribution in [0.2, 0.25) is 19.1 Å². The van der Waals surface area contributed by atoms with Crippen LogP contribution >= 0.6 is 0 Å². The Labute approximate surface area is 89.2 Å². The maximum Gasteiger partial charge on any atom is 0.186 e. The maximum atomic E-state index is 11.0. The third-order valence-corrected chi connectivity index (χ3v) is 4.81. The first kappa shape index (κ1) is 13.8. The van der Waals surface area contributed by atoms with Crippen molar-refractivity contribution in [3.8, 4) is 0 Å². The quantitative estimate of drug-likeness (QED) is 0.459. The van der Waals surface area contributed by atoms with Crippen molar-refractivity contribution in [3.63, 3.8) is 0 Å². The van der Waals surface area contributed by atoms with E-state index < -0.39 is 8.32 Å². The highest BCUT2D eigenvalue weighted by molar-refractivity contribution is 6.71. The van der Waals surface area contributed by atoms with E-state index >= 15 is 0 Å². The highest BCUT2D eigenvalue weighted by Gasteiger charge is 2.20. The number of Topliss-reactive ketones (excluding diaryl/α,β-unsaturated/α-hetero) is 1. The molecule has 2 nitrogen and oxygen atoms in total. The molecule has 0 fully saturated rings. The first-order valence-electron chi connectivity index (χ1n) is 5.46. The fourth-order valence-electron chi connectivity index (χ4n) is 1.29. The average Bonchev–Trinajstić information content (AvgIpc) is 2.12. The van der Waals surface area contributed by atoms with Gasteiger partial charge in [-0.15, -0.1) is 0 Å². The molecule has 0 amide bonds. The van der Waals surface area contributed by atoms with Crippen LogP contribution < -0.4 is 0 Å². The Morgan fingerprint density at radius 3 is 2.57 bits per heavy atom. The molecular weight excluding hydrogens is 192 g/mol. The SMILES string of the molecule is [CH2]CC[Si](C)(C)OCCCC(=O)CC. The second-order valence-electron chi connectivity index (χ2n) is 4.21.